The maximum atomic E-state index is 12.3. The third kappa shape index (κ3) is 3.80. The van der Waals surface area contributed by atoms with Crippen LogP contribution in [-0.2, 0) is 19.1 Å². The summed E-state index contributed by atoms with van der Waals surface area (Å²) in [6.07, 6.45) is -2.33. The quantitative estimate of drug-likeness (QED) is 0.790. The summed E-state index contributed by atoms with van der Waals surface area (Å²) in [7, 11) is -4.04. The van der Waals surface area contributed by atoms with Crippen LogP contribution in [0.25, 0.3) is 0 Å². The molecule has 1 aromatic carbocycles. The Morgan fingerprint density at radius 2 is 1.91 bits per heavy atom. The Morgan fingerprint density at radius 1 is 1.26 bits per heavy atom. The summed E-state index contributed by atoms with van der Waals surface area (Å²) in [5.41, 5.74) is 0.519. The Bertz CT molecular complexity index is 716. The third-order valence-electron chi connectivity index (χ3n) is 3.71. The van der Waals surface area contributed by atoms with Crippen molar-refractivity contribution in [1.82, 2.24) is 4.90 Å². The molecule has 2 unspecified atom stereocenters. The minimum absolute atomic E-state index is 0.0209. The van der Waals surface area contributed by atoms with Gasteiger partial charge in [-0.2, -0.15) is 8.42 Å². The lowest BCUT2D eigenvalue weighted by Crippen LogP contribution is -2.51. The maximum absolute atomic E-state index is 12.3. The first-order chi connectivity index (χ1) is 10.7. The van der Waals surface area contributed by atoms with Gasteiger partial charge < -0.3 is 10.2 Å². The molecule has 0 radical (unpaired) electrons. The molecule has 1 aliphatic rings. The molecule has 2 atom stereocenters. The molecule has 0 saturated carbocycles. The molecule has 1 aromatic rings. The van der Waals surface area contributed by atoms with Gasteiger partial charge >= 0.3 is 12.1 Å². The van der Waals surface area contributed by atoms with Gasteiger partial charge in [-0.05, 0) is 25.0 Å². The Morgan fingerprint density at radius 3 is 2.48 bits per heavy atom. The Balaban J connectivity index is 2.17. The molecule has 9 heteroatoms. The van der Waals surface area contributed by atoms with E-state index in [2.05, 4.69) is 0 Å². The van der Waals surface area contributed by atoms with Crippen molar-refractivity contribution in [1.29, 1.82) is 0 Å². The zero-order valence-corrected chi connectivity index (χ0v) is 13.2. The summed E-state index contributed by atoms with van der Waals surface area (Å²) in [6.45, 7) is 1.53. The first-order valence-corrected chi connectivity index (χ1v) is 8.34. The Hall–Kier alpha value is -2.13. The number of aryl methyl sites for hydroxylation is 1. The molecule has 2 rings (SSSR count). The van der Waals surface area contributed by atoms with Crippen LogP contribution in [0.4, 0.5) is 4.79 Å². The number of rotatable bonds is 4. The average molecular weight is 343 g/mol. The molecule has 1 fully saturated rings. The minimum atomic E-state index is -4.04. The van der Waals surface area contributed by atoms with Crippen molar-refractivity contribution in [2.45, 2.75) is 36.8 Å². The van der Waals surface area contributed by atoms with Gasteiger partial charge in [0.1, 0.15) is 6.04 Å². The molecule has 0 aliphatic carbocycles. The first-order valence-electron chi connectivity index (χ1n) is 6.93. The number of aliphatic carboxylic acids is 1. The van der Waals surface area contributed by atoms with Crippen LogP contribution >= 0.6 is 0 Å². The predicted octanol–water partition coefficient (Wildman–Crippen LogP) is 1.30. The van der Waals surface area contributed by atoms with E-state index in [0.29, 0.717) is 5.56 Å². The van der Waals surface area contributed by atoms with Crippen molar-refractivity contribution in [2.24, 2.45) is 0 Å². The lowest BCUT2D eigenvalue weighted by atomic mass is 10.0. The highest BCUT2D eigenvalue weighted by Gasteiger charge is 2.38. The molecule has 0 spiro atoms. The maximum Gasteiger partial charge on any atom is 0.408 e. The van der Waals surface area contributed by atoms with Crippen LogP contribution in [0, 0.1) is 6.92 Å². The normalized spacial score (nSPS) is 21.9. The van der Waals surface area contributed by atoms with E-state index >= 15 is 0 Å². The molecule has 1 heterocycles. The molecule has 1 amide bonds. The number of piperidine rings is 1. The number of carboxylic acid groups (broad SMARTS) is 2. The molecule has 1 aliphatic heterocycles. The van der Waals surface area contributed by atoms with Gasteiger partial charge in [0.05, 0.1) is 11.0 Å². The number of likely N-dealkylation sites (tertiary alicyclic amines) is 1. The second-order valence-corrected chi connectivity index (χ2v) is 6.83. The fraction of sp³-hybridized carbons (Fsp3) is 0.429. The van der Waals surface area contributed by atoms with Crippen LogP contribution in [0.5, 0.6) is 0 Å². The fourth-order valence-corrected chi connectivity index (χ4v) is 3.90. The van der Waals surface area contributed by atoms with E-state index in [0.717, 1.165) is 4.90 Å². The van der Waals surface area contributed by atoms with Crippen LogP contribution in [0.1, 0.15) is 18.4 Å². The van der Waals surface area contributed by atoms with Crippen LogP contribution in [0.3, 0.4) is 0 Å². The van der Waals surface area contributed by atoms with Gasteiger partial charge in [-0.15, -0.1) is 0 Å². The van der Waals surface area contributed by atoms with Crippen LogP contribution in [-0.4, -0.2) is 54.3 Å². The van der Waals surface area contributed by atoms with E-state index in [1.165, 1.54) is 6.07 Å². The van der Waals surface area contributed by atoms with Gasteiger partial charge in [-0.3, -0.25) is 9.08 Å². The van der Waals surface area contributed by atoms with E-state index < -0.39 is 34.3 Å². The summed E-state index contributed by atoms with van der Waals surface area (Å²) in [6, 6.07) is 4.98. The molecular weight excluding hydrogens is 326 g/mol. The summed E-state index contributed by atoms with van der Waals surface area (Å²) in [5.74, 6) is -1.33. The van der Waals surface area contributed by atoms with E-state index in [1.807, 2.05) is 0 Å². The summed E-state index contributed by atoms with van der Waals surface area (Å²) < 4.78 is 29.8. The largest absolute Gasteiger partial charge is 0.480 e. The highest BCUT2D eigenvalue weighted by atomic mass is 32.2. The standard InChI is InChI=1S/C14H17NO7S/c1-9-4-2-3-5-12(9)23(20,21)22-10-6-7-15(14(18)19)11(8-10)13(16)17/h2-5,10-11H,6-8H2,1H3,(H,16,17)(H,18,19). The Labute approximate surface area is 133 Å². The number of carbonyl (C=O) groups is 2. The van der Waals surface area contributed by atoms with E-state index in [-0.39, 0.29) is 24.3 Å². The lowest BCUT2D eigenvalue weighted by molar-refractivity contribution is -0.145. The minimum Gasteiger partial charge on any atom is -0.480 e. The third-order valence-corrected chi connectivity index (χ3v) is 5.23. The number of carboxylic acids is 1. The highest BCUT2D eigenvalue weighted by Crippen LogP contribution is 2.25. The highest BCUT2D eigenvalue weighted by molar-refractivity contribution is 7.86. The molecular formula is C14H17NO7S. The van der Waals surface area contributed by atoms with E-state index in [1.54, 1.807) is 25.1 Å². The van der Waals surface area contributed by atoms with Crippen molar-refractivity contribution in [2.75, 3.05) is 6.54 Å². The Kier molecular flexibility index (Phi) is 4.90. The molecule has 23 heavy (non-hydrogen) atoms. The summed E-state index contributed by atoms with van der Waals surface area (Å²) in [4.78, 5) is 23.0. The van der Waals surface area contributed by atoms with Gasteiger partial charge in [0.2, 0.25) is 0 Å². The van der Waals surface area contributed by atoms with Crippen molar-refractivity contribution in [3.63, 3.8) is 0 Å². The van der Waals surface area contributed by atoms with Gasteiger partial charge in [0.15, 0.2) is 0 Å². The fourth-order valence-electron chi connectivity index (χ4n) is 2.55. The number of benzene rings is 1. The molecule has 0 bridgehead atoms. The second kappa shape index (κ2) is 6.55. The molecule has 126 valence electrons. The van der Waals surface area contributed by atoms with Crippen molar-refractivity contribution in [3.05, 3.63) is 29.8 Å². The van der Waals surface area contributed by atoms with Crippen LogP contribution < -0.4 is 0 Å². The van der Waals surface area contributed by atoms with Crippen LogP contribution in [0.2, 0.25) is 0 Å². The van der Waals surface area contributed by atoms with E-state index in [9.17, 15) is 18.0 Å². The molecule has 1 saturated heterocycles. The first kappa shape index (κ1) is 17.2. The smallest absolute Gasteiger partial charge is 0.408 e. The number of hydrogen-bond acceptors (Lipinski definition) is 5. The van der Waals surface area contributed by atoms with Gasteiger partial charge in [0.25, 0.3) is 10.1 Å². The molecule has 0 aromatic heterocycles. The summed E-state index contributed by atoms with van der Waals surface area (Å²) in [5, 5.41) is 18.1. The number of hydrogen-bond donors (Lipinski definition) is 2. The van der Waals surface area contributed by atoms with Crippen molar-refractivity contribution >= 4 is 22.2 Å². The zero-order chi connectivity index (χ0) is 17.2. The average Bonchev–Trinajstić information content (AvgIpc) is 2.46. The molecule has 8 nitrogen and oxygen atoms in total. The van der Waals surface area contributed by atoms with Crippen molar-refractivity contribution < 1.29 is 32.4 Å². The lowest BCUT2D eigenvalue weighted by Gasteiger charge is -2.34. The van der Waals surface area contributed by atoms with E-state index in [4.69, 9.17) is 14.4 Å². The SMILES string of the molecule is Cc1ccccc1S(=O)(=O)OC1CCN(C(=O)O)C(C(=O)O)C1. The zero-order valence-electron chi connectivity index (χ0n) is 12.4. The van der Waals surface area contributed by atoms with Crippen LogP contribution in [0.15, 0.2) is 29.2 Å². The van der Waals surface area contributed by atoms with Gasteiger partial charge in [-0.1, -0.05) is 18.2 Å². The molecule has 2 N–H and O–H groups in total. The number of nitrogens with zero attached hydrogens (tertiary/aromatic N) is 1. The van der Waals surface area contributed by atoms with Crippen molar-refractivity contribution in [3.8, 4) is 0 Å². The second-order valence-electron chi connectivity index (χ2n) is 5.29. The van der Waals surface area contributed by atoms with Gasteiger partial charge in [0, 0.05) is 13.0 Å². The number of amides is 1. The monoisotopic (exact) mass is 343 g/mol. The topological polar surface area (TPSA) is 121 Å². The predicted molar refractivity (Wildman–Crippen MR) is 78.6 cm³/mol. The summed E-state index contributed by atoms with van der Waals surface area (Å²) >= 11 is 0. The van der Waals surface area contributed by atoms with Gasteiger partial charge in [-0.25, -0.2) is 9.59 Å².